The van der Waals surface area contributed by atoms with Crippen molar-refractivity contribution in [2.24, 2.45) is 11.7 Å². The first-order valence-electron chi connectivity index (χ1n) is 6.93. The summed E-state index contributed by atoms with van der Waals surface area (Å²) >= 11 is 0. The number of sulfonamides is 1. The molecule has 1 atom stereocenters. The number of rotatable bonds is 6. The van der Waals surface area contributed by atoms with Crippen LogP contribution in [0.1, 0.15) is 24.2 Å². The maximum atomic E-state index is 12.2. The van der Waals surface area contributed by atoms with Crippen molar-refractivity contribution in [1.82, 2.24) is 10.0 Å². The van der Waals surface area contributed by atoms with Crippen LogP contribution in [0.15, 0.2) is 29.2 Å². The molecule has 4 N–H and O–H groups in total. The number of nitrogens with two attached hydrogens (primary N) is 1. The van der Waals surface area contributed by atoms with Crippen LogP contribution >= 0.6 is 0 Å². The highest BCUT2D eigenvalue weighted by molar-refractivity contribution is 7.89. The van der Waals surface area contributed by atoms with E-state index in [-0.39, 0.29) is 10.5 Å². The van der Waals surface area contributed by atoms with Crippen LogP contribution in [0.4, 0.5) is 4.79 Å². The van der Waals surface area contributed by atoms with Crippen LogP contribution < -0.4 is 15.8 Å². The third kappa shape index (κ3) is 5.03. The lowest BCUT2D eigenvalue weighted by molar-refractivity contribution is -0.130. The first-order valence-corrected chi connectivity index (χ1v) is 8.41. The number of esters is 1. The van der Waals surface area contributed by atoms with Crippen molar-refractivity contribution in [3.8, 4) is 0 Å². The molecule has 0 bridgehead atoms. The van der Waals surface area contributed by atoms with Crippen LogP contribution in [0.3, 0.4) is 0 Å². The van der Waals surface area contributed by atoms with Gasteiger partial charge in [-0.25, -0.2) is 22.7 Å². The van der Waals surface area contributed by atoms with Crippen molar-refractivity contribution in [1.29, 1.82) is 0 Å². The van der Waals surface area contributed by atoms with Gasteiger partial charge in [-0.05, 0) is 31.2 Å². The number of carbonyl (C=O) groups excluding carboxylic acids is 3. The Balaban J connectivity index is 3.03. The molecule has 0 saturated heterocycles. The molecule has 1 aromatic rings. The van der Waals surface area contributed by atoms with Gasteiger partial charge in [0, 0.05) is 0 Å². The van der Waals surface area contributed by atoms with Gasteiger partial charge in [0.2, 0.25) is 10.0 Å². The molecule has 24 heavy (non-hydrogen) atoms. The molecule has 0 fully saturated rings. The van der Waals surface area contributed by atoms with Crippen LogP contribution in [0.25, 0.3) is 0 Å². The summed E-state index contributed by atoms with van der Waals surface area (Å²) in [6.45, 7) is 3.22. The van der Waals surface area contributed by atoms with Gasteiger partial charge in [-0.3, -0.25) is 10.1 Å². The molecule has 3 amide bonds. The van der Waals surface area contributed by atoms with Crippen molar-refractivity contribution in [3.05, 3.63) is 29.8 Å². The van der Waals surface area contributed by atoms with E-state index in [1.165, 1.54) is 25.2 Å². The van der Waals surface area contributed by atoms with Crippen molar-refractivity contribution >= 4 is 27.9 Å². The Morgan fingerprint density at radius 3 is 2.33 bits per heavy atom. The van der Waals surface area contributed by atoms with E-state index in [4.69, 9.17) is 10.5 Å². The average Bonchev–Trinajstić information content (AvgIpc) is 2.51. The minimum Gasteiger partial charge on any atom is -0.448 e. The molecule has 9 nitrogen and oxygen atoms in total. The van der Waals surface area contributed by atoms with Crippen LogP contribution in [0.2, 0.25) is 0 Å². The first kappa shape index (κ1) is 19.6. The van der Waals surface area contributed by atoms with Gasteiger partial charge in [0.1, 0.15) is 0 Å². The van der Waals surface area contributed by atoms with Gasteiger partial charge in [-0.2, -0.15) is 0 Å². The van der Waals surface area contributed by atoms with Crippen molar-refractivity contribution in [2.75, 3.05) is 7.05 Å². The minimum atomic E-state index is -3.73. The maximum absolute atomic E-state index is 12.2. The number of nitrogens with one attached hydrogen (secondary N) is 2. The summed E-state index contributed by atoms with van der Waals surface area (Å²) in [5.74, 6) is -2.19. The number of imide groups is 1. The van der Waals surface area contributed by atoms with Gasteiger partial charge in [-0.1, -0.05) is 19.9 Å². The quantitative estimate of drug-likeness (QED) is 0.610. The Labute approximate surface area is 139 Å². The molecule has 0 aromatic heterocycles. The lowest BCUT2D eigenvalue weighted by Gasteiger charge is -2.20. The summed E-state index contributed by atoms with van der Waals surface area (Å²) < 4.78 is 30.7. The molecule has 1 aromatic carbocycles. The molecule has 0 spiro atoms. The van der Waals surface area contributed by atoms with E-state index < -0.39 is 40.0 Å². The van der Waals surface area contributed by atoms with Gasteiger partial charge in [0.25, 0.3) is 5.91 Å². The number of urea groups is 1. The fraction of sp³-hybridized carbons (Fsp3) is 0.357. The van der Waals surface area contributed by atoms with Crippen LogP contribution in [-0.4, -0.2) is 39.5 Å². The molecule has 0 aliphatic carbocycles. The highest BCUT2D eigenvalue weighted by atomic mass is 32.2. The Hall–Kier alpha value is -2.46. The van der Waals surface area contributed by atoms with E-state index in [9.17, 15) is 22.8 Å². The monoisotopic (exact) mass is 357 g/mol. The molecule has 0 saturated carbocycles. The highest BCUT2D eigenvalue weighted by Crippen LogP contribution is 2.15. The van der Waals surface area contributed by atoms with E-state index in [0.29, 0.717) is 0 Å². The Morgan fingerprint density at radius 2 is 1.83 bits per heavy atom. The largest absolute Gasteiger partial charge is 0.448 e. The molecule has 0 aliphatic heterocycles. The summed E-state index contributed by atoms with van der Waals surface area (Å²) in [7, 11) is -2.49. The molecule has 0 radical (unpaired) electrons. The number of ether oxygens (including phenoxy) is 1. The Kier molecular flexibility index (Phi) is 6.43. The van der Waals surface area contributed by atoms with E-state index in [1.54, 1.807) is 13.8 Å². The second-order valence-corrected chi connectivity index (χ2v) is 7.05. The zero-order valence-electron chi connectivity index (χ0n) is 13.4. The third-order valence-electron chi connectivity index (χ3n) is 2.99. The van der Waals surface area contributed by atoms with E-state index in [0.717, 1.165) is 6.07 Å². The van der Waals surface area contributed by atoms with Gasteiger partial charge < -0.3 is 10.5 Å². The second kappa shape index (κ2) is 7.88. The van der Waals surface area contributed by atoms with Gasteiger partial charge >= 0.3 is 12.0 Å². The lowest BCUT2D eigenvalue weighted by atomic mass is 10.1. The molecule has 132 valence electrons. The number of hydrogen-bond acceptors (Lipinski definition) is 6. The molecule has 0 unspecified atom stereocenters. The maximum Gasteiger partial charge on any atom is 0.338 e. The third-order valence-corrected chi connectivity index (χ3v) is 4.41. The Morgan fingerprint density at radius 1 is 1.21 bits per heavy atom. The number of amides is 3. The smallest absolute Gasteiger partial charge is 0.338 e. The van der Waals surface area contributed by atoms with Gasteiger partial charge in [0.05, 0.1) is 10.5 Å². The SMILES string of the molecule is CNS(=O)(=O)c1cccc(C(=O)O[C@@H](C(=O)NC(N)=O)C(C)C)c1. The highest BCUT2D eigenvalue weighted by Gasteiger charge is 2.28. The van der Waals surface area contributed by atoms with Gasteiger partial charge in [-0.15, -0.1) is 0 Å². The number of hydrogen-bond donors (Lipinski definition) is 3. The predicted octanol–water partition coefficient (Wildman–Crippen LogP) is -0.0290. The molecule has 1 rings (SSSR count). The van der Waals surface area contributed by atoms with Crippen LogP contribution in [0, 0.1) is 5.92 Å². The fourth-order valence-corrected chi connectivity index (χ4v) is 2.55. The summed E-state index contributed by atoms with van der Waals surface area (Å²) in [5.41, 5.74) is 4.82. The Bertz CT molecular complexity index is 745. The van der Waals surface area contributed by atoms with E-state index in [2.05, 4.69) is 4.72 Å². The zero-order chi connectivity index (χ0) is 18.5. The summed E-state index contributed by atoms with van der Waals surface area (Å²) in [5, 5.41) is 1.84. The number of primary amides is 1. The topological polar surface area (TPSA) is 145 Å². The minimum absolute atomic E-state index is 0.0520. The van der Waals surface area contributed by atoms with Crippen LogP contribution in [0.5, 0.6) is 0 Å². The number of benzene rings is 1. The van der Waals surface area contributed by atoms with Gasteiger partial charge in [0.15, 0.2) is 6.10 Å². The molecule has 0 aliphatic rings. The van der Waals surface area contributed by atoms with Crippen molar-refractivity contribution in [3.63, 3.8) is 0 Å². The zero-order valence-corrected chi connectivity index (χ0v) is 14.2. The van der Waals surface area contributed by atoms with E-state index >= 15 is 0 Å². The first-order chi connectivity index (χ1) is 11.1. The summed E-state index contributed by atoms with van der Waals surface area (Å²) in [6, 6.07) is 4.08. The lowest BCUT2D eigenvalue weighted by Crippen LogP contribution is -2.45. The number of carbonyl (C=O) groups is 3. The fourth-order valence-electron chi connectivity index (χ4n) is 1.78. The average molecular weight is 357 g/mol. The summed E-state index contributed by atoms with van der Waals surface area (Å²) in [6.07, 6.45) is -1.26. The van der Waals surface area contributed by atoms with Crippen molar-refractivity contribution in [2.45, 2.75) is 24.8 Å². The molecular formula is C14H19N3O6S. The summed E-state index contributed by atoms with van der Waals surface area (Å²) in [4.78, 5) is 34.7. The molecule has 0 heterocycles. The van der Waals surface area contributed by atoms with Crippen LogP contribution in [-0.2, 0) is 19.6 Å². The second-order valence-electron chi connectivity index (χ2n) is 5.16. The molecule has 10 heteroatoms. The predicted molar refractivity (Wildman–Crippen MR) is 84.5 cm³/mol. The van der Waals surface area contributed by atoms with E-state index in [1.807, 2.05) is 5.32 Å². The normalized spacial score (nSPS) is 12.5. The standard InChI is InChI=1S/C14H19N3O6S/c1-8(2)11(12(18)17-14(15)20)23-13(19)9-5-4-6-10(7-9)24(21,22)16-3/h4-8,11,16H,1-3H3,(H3,15,17,18,20)/t11-/m1/s1. The van der Waals surface area contributed by atoms with Crippen molar-refractivity contribution < 1.29 is 27.5 Å². The molecular weight excluding hydrogens is 338 g/mol.